The molecule has 0 bridgehead atoms. The van der Waals surface area contributed by atoms with Gasteiger partial charge in [-0.05, 0) is 51.4 Å². The highest BCUT2D eigenvalue weighted by molar-refractivity contribution is 7.16. The Hall–Kier alpha value is -3.01. The van der Waals surface area contributed by atoms with Gasteiger partial charge in [0.2, 0.25) is 5.91 Å². The summed E-state index contributed by atoms with van der Waals surface area (Å²) < 4.78 is 1.81. The molecule has 3 aliphatic rings. The fourth-order valence-corrected chi connectivity index (χ4v) is 6.27. The van der Waals surface area contributed by atoms with Crippen LogP contribution in [-0.4, -0.2) is 61.5 Å². The maximum atomic E-state index is 13.6. The number of nitrogens with one attached hydrogen (secondary N) is 2. The van der Waals surface area contributed by atoms with E-state index in [9.17, 15) is 9.59 Å². The van der Waals surface area contributed by atoms with Gasteiger partial charge in [-0.3, -0.25) is 9.59 Å². The van der Waals surface area contributed by atoms with Gasteiger partial charge in [0.05, 0.1) is 11.8 Å². The lowest BCUT2D eigenvalue weighted by molar-refractivity contribution is -0.125. The summed E-state index contributed by atoms with van der Waals surface area (Å²) in [4.78, 5) is 38.4. The van der Waals surface area contributed by atoms with Crippen molar-refractivity contribution in [3.05, 3.63) is 29.5 Å². The van der Waals surface area contributed by atoms with Crippen LogP contribution in [-0.2, 0) is 4.79 Å². The van der Waals surface area contributed by atoms with Gasteiger partial charge in [-0.25, -0.2) is 14.5 Å². The number of amides is 2. The van der Waals surface area contributed by atoms with Crippen molar-refractivity contribution < 1.29 is 9.59 Å². The van der Waals surface area contributed by atoms with Crippen molar-refractivity contribution in [1.82, 2.24) is 29.8 Å². The number of aromatic nitrogens is 4. The van der Waals surface area contributed by atoms with E-state index in [1.54, 1.807) is 23.6 Å². The lowest BCUT2D eigenvalue weighted by atomic mass is 10.0. The van der Waals surface area contributed by atoms with Crippen LogP contribution < -0.4 is 10.6 Å². The van der Waals surface area contributed by atoms with E-state index in [0.717, 1.165) is 48.9 Å². The van der Waals surface area contributed by atoms with Crippen LogP contribution in [0.25, 0.3) is 16.2 Å². The van der Waals surface area contributed by atoms with Crippen LogP contribution in [0.1, 0.15) is 68.8 Å². The topological polar surface area (TPSA) is 105 Å². The number of nitrogens with zero attached hydrogens (tertiary/aromatic N) is 5. The third-order valence-corrected chi connectivity index (χ3v) is 8.76. The fourth-order valence-electron chi connectivity index (χ4n) is 5.48. The van der Waals surface area contributed by atoms with Gasteiger partial charge < -0.3 is 15.5 Å². The number of piperidine rings is 1. The minimum Gasteiger partial charge on any atom is -0.367 e. The van der Waals surface area contributed by atoms with Crippen LogP contribution in [0.2, 0.25) is 0 Å². The van der Waals surface area contributed by atoms with Gasteiger partial charge in [-0.1, -0.05) is 12.8 Å². The monoisotopic (exact) mass is 507 g/mol. The van der Waals surface area contributed by atoms with Gasteiger partial charge in [-0.15, -0.1) is 11.3 Å². The molecular formula is C26H33N7O2S. The molecular weight excluding hydrogens is 474 g/mol. The van der Waals surface area contributed by atoms with Crippen molar-refractivity contribution in [3.8, 4) is 11.4 Å². The van der Waals surface area contributed by atoms with Crippen LogP contribution in [0, 0.1) is 11.8 Å². The van der Waals surface area contributed by atoms with Crippen molar-refractivity contribution in [2.75, 3.05) is 18.4 Å². The lowest BCUT2D eigenvalue weighted by Gasteiger charge is -2.32. The van der Waals surface area contributed by atoms with Crippen molar-refractivity contribution in [2.24, 2.45) is 11.8 Å². The van der Waals surface area contributed by atoms with Crippen molar-refractivity contribution >= 4 is 33.8 Å². The van der Waals surface area contributed by atoms with Gasteiger partial charge in [-0.2, -0.15) is 5.10 Å². The molecule has 3 aromatic heterocycles. The van der Waals surface area contributed by atoms with E-state index in [4.69, 9.17) is 9.97 Å². The average Bonchev–Trinajstić information content (AvgIpc) is 3.24. The molecule has 190 valence electrons. The lowest BCUT2D eigenvalue weighted by Crippen LogP contribution is -2.47. The number of carbonyl (C=O) groups excluding carboxylic acids is 2. The van der Waals surface area contributed by atoms with Crippen molar-refractivity contribution in [3.63, 3.8) is 0 Å². The second kappa shape index (κ2) is 9.80. The molecule has 0 spiro atoms. The molecule has 3 aromatic rings. The summed E-state index contributed by atoms with van der Waals surface area (Å²) in [6, 6.07) is 2.22. The summed E-state index contributed by atoms with van der Waals surface area (Å²) in [5, 5.41) is 13.1. The summed E-state index contributed by atoms with van der Waals surface area (Å²) in [7, 11) is 0. The average molecular weight is 508 g/mol. The smallest absolute Gasteiger partial charge is 0.272 e. The Kier molecular flexibility index (Phi) is 6.37. The van der Waals surface area contributed by atoms with Crippen LogP contribution in [0.15, 0.2) is 23.8 Å². The van der Waals surface area contributed by atoms with Gasteiger partial charge in [0.15, 0.2) is 5.82 Å². The Bertz CT molecular complexity index is 1250. The van der Waals surface area contributed by atoms with E-state index < -0.39 is 0 Å². The number of likely N-dealkylation sites (tertiary alicyclic amines) is 1. The molecule has 0 aromatic carbocycles. The summed E-state index contributed by atoms with van der Waals surface area (Å²) in [5.41, 5.74) is 1.23. The molecule has 1 saturated heterocycles. The van der Waals surface area contributed by atoms with Gasteiger partial charge in [0.25, 0.3) is 5.91 Å². The Balaban J connectivity index is 1.19. The summed E-state index contributed by atoms with van der Waals surface area (Å²) in [6.07, 6.45) is 12.0. The van der Waals surface area contributed by atoms with Crippen LogP contribution >= 0.6 is 11.3 Å². The highest BCUT2D eigenvalue weighted by atomic mass is 32.1. The van der Waals surface area contributed by atoms with Gasteiger partial charge in [0, 0.05) is 48.7 Å². The minimum absolute atomic E-state index is 0.0871. The van der Waals surface area contributed by atoms with Gasteiger partial charge in [0.1, 0.15) is 16.3 Å². The number of anilines is 1. The van der Waals surface area contributed by atoms with Crippen LogP contribution in [0.5, 0.6) is 0 Å². The zero-order valence-electron chi connectivity index (χ0n) is 20.7. The first kappa shape index (κ1) is 23.4. The third kappa shape index (κ3) is 4.83. The normalized spacial score (nSPS) is 20.1. The van der Waals surface area contributed by atoms with Crippen molar-refractivity contribution in [1.29, 1.82) is 0 Å². The largest absolute Gasteiger partial charge is 0.367 e. The first-order valence-corrected chi connectivity index (χ1v) is 14.1. The molecule has 1 aliphatic heterocycles. The summed E-state index contributed by atoms with van der Waals surface area (Å²) >= 11 is 1.58. The predicted octanol–water partition coefficient (Wildman–Crippen LogP) is 3.97. The summed E-state index contributed by atoms with van der Waals surface area (Å²) in [5.74, 6) is 2.13. The second-order valence-corrected chi connectivity index (χ2v) is 11.4. The van der Waals surface area contributed by atoms with E-state index >= 15 is 0 Å². The molecule has 4 heterocycles. The molecule has 3 fully saturated rings. The number of fused-ring (bicyclic) bond motifs is 1. The number of hydrogen-bond acceptors (Lipinski definition) is 7. The number of rotatable bonds is 7. The highest BCUT2D eigenvalue weighted by Crippen LogP contribution is 2.34. The third-order valence-electron chi connectivity index (χ3n) is 7.88. The van der Waals surface area contributed by atoms with E-state index in [2.05, 4.69) is 22.7 Å². The Morgan fingerprint density at radius 1 is 1.08 bits per heavy atom. The Morgan fingerprint density at radius 2 is 1.86 bits per heavy atom. The van der Waals surface area contributed by atoms with Crippen LogP contribution in [0.4, 0.5) is 5.82 Å². The van der Waals surface area contributed by atoms with Gasteiger partial charge >= 0.3 is 0 Å². The maximum absolute atomic E-state index is 13.6. The number of carbonyl (C=O) groups is 2. The Labute approximate surface area is 214 Å². The predicted molar refractivity (Wildman–Crippen MR) is 139 cm³/mol. The molecule has 36 heavy (non-hydrogen) atoms. The zero-order valence-corrected chi connectivity index (χ0v) is 21.5. The van der Waals surface area contributed by atoms with E-state index in [1.807, 2.05) is 21.0 Å². The zero-order chi connectivity index (χ0) is 24.6. The summed E-state index contributed by atoms with van der Waals surface area (Å²) in [6.45, 7) is 3.39. The Morgan fingerprint density at radius 3 is 2.61 bits per heavy atom. The SMILES string of the molecule is C[C@H](Nc1cc(C(=O)N2CCC(NC(=O)C3CCCC3)CC2)nc(-c2cnn3ccsc23)n1)C1CC1. The first-order valence-electron chi connectivity index (χ1n) is 13.2. The van der Waals surface area contributed by atoms with Crippen LogP contribution in [0.3, 0.4) is 0 Å². The minimum atomic E-state index is -0.0871. The molecule has 0 radical (unpaired) electrons. The maximum Gasteiger partial charge on any atom is 0.272 e. The number of hydrogen-bond donors (Lipinski definition) is 2. The molecule has 2 saturated carbocycles. The molecule has 10 heteroatoms. The molecule has 2 aliphatic carbocycles. The fraction of sp³-hybridized carbons (Fsp3) is 0.577. The number of thiazole rings is 1. The van der Waals surface area contributed by atoms with Crippen molar-refractivity contribution in [2.45, 2.75) is 70.4 Å². The molecule has 2 N–H and O–H groups in total. The second-order valence-electron chi connectivity index (χ2n) is 10.5. The van der Waals surface area contributed by atoms with E-state index in [0.29, 0.717) is 42.4 Å². The van der Waals surface area contributed by atoms with E-state index in [-0.39, 0.29) is 23.8 Å². The standard InChI is InChI=1S/C26H33N7O2S/c1-16(17-6-7-17)28-22-14-21(30-23(31-22)20-15-27-33-12-13-36-26(20)33)25(35)32-10-8-19(9-11-32)29-24(34)18-4-2-3-5-18/h12-19H,2-11H2,1H3,(H,29,34)(H,28,30,31)/t16-/m0/s1. The first-order chi connectivity index (χ1) is 17.5. The molecule has 6 rings (SSSR count). The van der Waals surface area contributed by atoms with E-state index in [1.165, 1.54) is 12.8 Å². The molecule has 1 atom stereocenters. The molecule has 0 unspecified atom stereocenters. The molecule has 9 nitrogen and oxygen atoms in total. The highest BCUT2D eigenvalue weighted by Gasteiger charge is 2.31. The molecule has 2 amide bonds. The quantitative estimate of drug-likeness (QED) is 0.501.